The molecular weight excluding hydrogens is 499 g/mol. The number of aromatic amines is 1. The number of hydrogen-bond acceptors (Lipinski definition) is 5. The number of hydrogen-bond donors (Lipinski definition) is 2. The molecule has 2 aliphatic heterocycles. The third-order valence-electron chi connectivity index (χ3n) is 8.05. The first-order valence-corrected chi connectivity index (χ1v) is 13.3. The fraction of sp³-hybridized carbons (Fsp3) is 0.345. The van der Waals surface area contributed by atoms with Crippen LogP contribution in [-0.4, -0.2) is 72.9 Å². The highest BCUT2D eigenvalue weighted by Gasteiger charge is 2.35. The van der Waals surface area contributed by atoms with Crippen molar-refractivity contribution in [1.29, 1.82) is 0 Å². The van der Waals surface area contributed by atoms with Gasteiger partial charge in [0, 0.05) is 71.7 Å². The number of likely N-dealkylation sites (tertiary alicyclic amines) is 1. The smallest absolute Gasteiger partial charge is 0.251 e. The second kappa shape index (κ2) is 9.32. The minimum Gasteiger partial charge on any atom is -0.384 e. The van der Waals surface area contributed by atoms with Gasteiger partial charge in [0.05, 0.1) is 29.5 Å². The van der Waals surface area contributed by atoms with Crippen molar-refractivity contribution in [1.82, 2.24) is 29.4 Å². The van der Waals surface area contributed by atoms with E-state index in [1.165, 1.54) is 24.8 Å². The number of fused-ring (bicyclic) bond motifs is 2. The van der Waals surface area contributed by atoms with Crippen LogP contribution in [0, 0.1) is 5.82 Å². The molecule has 2 fully saturated rings. The monoisotopic (exact) mass is 528 g/mol. The minimum atomic E-state index is -1.00. The Morgan fingerprint density at radius 1 is 1.15 bits per heavy atom. The lowest BCUT2D eigenvalue weighted by Gasteiger charge is -2.39. The van der Waals surface area contributed by atoms with Gasteiger partial charge in [0.15, 0.2) is 0 Å². The lowest BCUT2D eigenvalue weighted by molar-refractivity contribution is -0.145. The zero-order valence-corrected chi connectivity index (χ0v) is 21.5. The first-order chi connectivity index (χ1) is 19.0. The molecule has 0 aliphatic carbocycles. The van der Waals surface area contributed by atoms with Crippen LogP contribution in [0.5, 0.6) is 0 Å². The van der Waals surface area contributed by atoms with E-state index >= 15 is 0 Å². The third kappa shape index (κ3) is 4.02. The fourth-order valence-electron chi connectivity index (χ4n) is 6.01. The van der Waals surface area contributed by atoms with Gasteiger partial charge in [0.1, 0.15) is 11.9 Å². The van der Waals surface area contributed by atoms with Gasteiger partial charge in [-0.05, 0) is 56.2 Å². The third-order valence-corrected chi connectivity index (χ3v) is 8.05. The lowest BCUT2D eigenvalue weighted by atomic mass is 9.90. The van der Waals surface area contributed by atoms with Crippen molar-refractivity contribution in [3.63, 3.8) is 0 Å². The van der Waals surface area contributed by atoms with Gasteiger partial charge in [-0.25, -0.2) is 4.39 Å². The summed E-state index contributed by atoms with van der Waals surface area (Å²) in [5.41, 5.74) is 6.12. The molecule has 7 rings (SSSR count). The Bertz CT molecular complexity index is 1670. The molecule has 3 aromatic heterocycles. The molecule has 2 aromatic carbocycles. The van der Waals surface area contributed by atoms with Gasteiger partial charge in [-0.3, -0.25) is 14.6 Å². The number of aromatic nitrogens is 5. The average molecular weight is 529 g/mol. The molecule has 9 nitrogen and oxygen atoms in total. The summed E-state index contributed by atoms with van der Waals surface area (Å²) in [5.74, 6) is -0.287. The lowest BCUT2D eigenvalue weighted by Crippen LogP contribution is -2.53. The Hall–Kier alpha value is -4.02. The molecule has 1 amide bonds. The van der Waals surface area contributed by atoms with Gasteiger partial charge < -0.3 is 19.3 Å². The van der Waals surface area contributed by atoms with Crippen molar-refractivity contribution in [2.45, 2.75) is 37.8 Å². The number of halogens is 1. The normalized spacial score (nSPS) is 17.7. The summed E-state index contributed by atoms with van der Waals surface area (Å²) in [6.45, 7) is 3.91. The zero-order chi connectivity index (χ0) is 26.7. The van der Waals surface area contributed by atoms with Crippen LogP contribution in [-0.2, 0) is 9.53 Å². The summed E-state index contributed by atoms with van der Waals surface area (Å²) in [4.78, 5) is 13.8. The average Bonchev–Trinajstić information content (AvgIpc) is 3.64. The van der Waals surface area contributed by atoms with E-state index in [0.717, 1.165) is 51.5 Å². The fourth-order valence-corrected chi connectivity index (χ4v) is 6.01. The summed E-state index contributed by atoms with van der Waals surface area (Å²) in [6, 6.07) is 11.0. The molecule has 2 saturated heterocycles. The van der Waals surface area contributed by atoms with Gasteiger partial charge in [0.2, 0.25) is 0 Å². The van der Waals surface area contributed by atoms with E-state index in [1.807, 2.05) is 29.2 Å². The SMILES string of the molecule is C[C@@H](O)C(=O)N1CC(n2cc(-c3c(C4CCOCC4)n(-c4ccc(F)cc4)c4cc5cn[nH]c5cc34)cn2)C1. The number of benzene rings is 2. The van der Waals surface area contributed by atoms with Crippen LogP contribution >= 0.6 is 0 Å². The molecule has 200 valence electrons. The number of amides is 1. The van der Waals surface area contributed by atoms with Crippen LogP contribution in [0.4, 0.5) is 4.39 Å². The molecule has 0 radical (unpaired) electrons. The molecular formula is C29H29FN6O3. The topological polar surface area (TPSA) is 101 Å². The second-order valence-electron chi connectivity index (χ2n) is 10.6. The maximum Gasteiger partial charge on any atom is 0.251 e. The Kier molecular flexibility index (Phi) is 5.75. The molecule has 0 spiro atoms. The molecule has 1 atom stereocenters. The van der Waals surface area contributed by atoms with Crippen LogP contribution in [0.15, 0.2) is 55.0 Å². The van der Waals surface area contributed by atoms with Gasteiger partial charge in [0.25, 0.3) is 5.91 Å². The van der Waals surface area contributed by atoms with Gasteiger partial charge >= 0.3 is 0 Å². The maximum absolute atomic E-state index is 14.0. The van der Waals surface area contributed by atoms with E-state index < -0.39 is 6.10 Å². The summed E-state index contributed by atoms with van der Waals surface area (Å²) in [5, 5.41) is 23.8. The largest absolute Gasteiger partial charge is 0.384 e. The molecule has 10 heteroatoms. The Morgan fingerprint density at radius 3 is 2.67 bits per heavy atom. The molecule has 2 aliphatic rings. The van der Waals surface area contributed by atoms with E-state index in [0.29, 0.717) is 26.3 Å². The van der Waals surface area contributed by atoms with Crippen LogP contribution in [0.3, 0.4) is 0 Å². The summed E-state index contributed by atoms with van der Waals surface area (Å²) < 4.78 is 23.9. The molecule has 39 heavy (non-hydrogen) atoms. The van der Waals surface area contributed by atoms with E-state index in [1.54, 1.807) is 4.90 Å². The first kappa shape index (κ1) is 24.1. The maximum atomic E-state index is 14.0. The molecule has 0 unspecified atom stereocenters. The highest BCUT2D eigenvalue weighted by Crippen LogP contribution is 2.44. The highest BCUT2D eigenvalue weighted by molar-refractivity contribution is 6.05. The van der Waals surface area contributed by atoms with E-state index in [-0.39, 0.29) is 23.7 Å². The number of H-pyrrole nitrogens is 1. The van der Waals surface area contributed by atoms with Crippen LogP contribution in [0.2, 0.25) is 0 Å². The predicted molar refractivity (Wildman–Crippen MR) is 144 cm³/mol. The Labute approximate surface area is 223 Å². The van der Waals surface area contributed by atoms with Crippen molar-refractivity contribution in [2.75, 3.05) is 26.3 Å². The number of aliphatic hydroxyl groups is 1. The van der Waals surface area contributed by atoms with Crippen LogP contribution in [0.1, 0.15) is 37.4 Å². The number of carbonyl (C=O) groups is 1. The number of rotatable bonds is 5. The van der Waals surface area contributed by atoms with Crippen LogP contribution in [0.25, 0.3) is 38.6 Å². The van der Waals surface area contributed by atoms with E-state index in [4.69, 9.17) is 9.84 Å². The molecule has 5 aromatic rings. The van der Waals surface area contributed by atoms with Crippen molar-refractivity contribution in [3.8, 4) is 16.8 Å². The molecule has 0 saturated carbocycles. The molecule has 5 heterocycles. The predicted octanol–water partition coefficient (Wildman–Crippen LogP) is 4.17. The summed E-state index contributed by atoms with van der Waals surface area (Å²) in [6.07, 6.45) is 6.54. The molecule has 0 bridgehead atoms. The van der Waals surface area contributed by atoms with Gasteiger partial charge in [-0.2, -0.15) is 10.2 Å². The quantitative estimate of drug-likeness (QED) is 0.357. The summed E-state index contributed by atoms with van der Waals surface area (Å²) >= 11 is 0. The minimum absolute atomic E-state index is 0.0535. The van der Waals surface area contributed by atoms with Gasteiger partial charge in [-0.1, -0.05) is 0 Å². The zero-order valence-electron chi connectivity index (χ0n) is 21.5. The van der Waals surface area contributed by atoms with Crippen molar-refractivity contribution in [2.24, 2.45) is 0 Å². The van der Waals surface area contributed by atoms with Crippen molar-refractivity contribution >= 4 is 27.7 Å². The first-order valence-electron chi connectivity index (χ1n) is 13.3. The standard InChI is InChI=1S/C29H29FN6O3/c1-17(37)29(38)34-15-23(16-34)35-14-20(13-32-35)27-24-11-25-19(12-31-33-25)10-26(24)36(22-4-2-21(30)3-5-22)28(27)18-6-8-39-9-7-18/h2-5,10-14,17-18,23,37H,6-9,15-16H2,1H3,(H,31,33)/t17-/m1/s1. The second-order valence-corrected chi connectivity index (χ2v) is 10.6. The molecule has 2 N–H and O–H groups in total. The summed E-state index contributed by atoms with van der Waals surface area (Å²) in [7, 11) is 0. The number of aliphatic hydroxyl groups excluding tert-OH is 1. The number of nitrogens with one attached hydrogen (secondary N) is 1. The van der Waals surface area contributed by atoms with Crippen LogP contribution < -0.4 is 0 Å². The Morgan fingerprint density at radius 2 is 1.92 bits per heavy atom. The Balaban J connectivity index is 1.40. The highest BCUT2D eigenvalue weighted by atomic mass is 19.1. The van der Waals surface area contributed by atoms with E-state index in [9.17, 15) is 14.3 Å². The number of carbonyl (C=O) groups excluding carboxylic acids is 1. The van der Waals surface area contributed by atoms with Crippen molar-refractivity contribution < 1.29 is 19.0 Å². The number of nitrogens with zero attached hydrogens (tertiary/aromatic N) is 5. The van der Waals surface area contributed by atoms with Gasteiger partial charge in [-0.15, -0.1) is 0 Å². The van der Waals surface area contributed by atoms with E-state index in [2.05, 4.69) is 33.1 Å². The van der Waals surface area contributed by atoms with Crippen molar-refractivity contribution in [3.05, 3.63) is 66.5 Å². The number of ether oxygens (including phenoxy) is 1.